The van der Waals surface area contributed by atoms with E-state index in [9.17, 15) is 27.6 Å². The van der Waals surface area contributed by atoms with Gasteiger partial charge in [0.2, 0.25) is 5.78 Å². The van der Waals surface area contributed by atoms with E-state index in [4.69, 9.17) is 4.74 Å². The first-order valence-electron chi connectivity index (χ1n) is 8.87. The number of carbonyl (C=O) groups excluding carboxylic acids is 3. The first-order chi connectivity index (χ1) is 13.6. The molecule has 154 valence electrons. The van der Waals surface area contributed by atoms with E-state index in [1.54, 1.807) is 13.8 Å². The number of hydrogen-bond donors (Lipinski definition) is 1. The van der Waals surface area contributed by atoms with Crippen molar-refractivity contribution in [1.29, 1.82) is 0 Å². The van der Waals surface area contributed by atoms with Crippen molar-refractivity contribution in [1.82, 2.24) is 5.32 Å². The minimum absolute atomic E-state index is 0.144. The van der Waals surface area contributed by atoms with Crippen molar-refractivity contribution in [2.75, 3.05) is 0 Å². The summed E-state index contributed by atoms with van der Waals surface area (Å²) < 4.78 is 45.7. The van der Waals surface area contributed by atoms with Crippen LogP contribution in [0.1, 0.15) is 41.5 Å². The van der Waals surface area contributed by atoms with Gasteiger partial charge in [0.05, 0.1) is 0 Å². The summed E-state index contributed by atoms with van der Waals surface area (Å²) in [7, 11) is 0. The van der Waals surface area contributed by atoms with E-state index in [-0.39, 0.29) is 5.56 Å². The summed E-state index contributed by atoms with van der Waals surface area (Å²) in [4.78, 5) is 37.1. The normalized spacial score (nSPS) is 12.9. The molecule has 0 radical (unpaired) electrons. The van der Waals surface area contributed by atoms with E-state index in [1.165, 1.54) is 19.1 Å². The lowest BCUT2D eigenvalue weighted by Crippen LogP contribution is -2.47. The minimum atomic E-state index is -1.25. The van der Waals surface area contributed by atoms with Gasteiger partial charge in [-0.05, 0) is 49.2 Å². The lowest BCUT2D eigenvalue weighted by Gasteiger charge is -2.23. The molecule has 0 unspecified atom stereocenters. The van der Waals surface area contributed by atoms with Crippen LogP contribution < -0.4 is 5.32 Å². The summed E-state index contributed by atoms with van der Waals surface area (Å²) in [5, 5.41) is 2.25. The standard InChI is InChI=1S/C21H20F3NO4/c1-11(2)18(25-20(27)17-15(23)5-4-6-16(17)24)21(28)29-12(3)19(26)13-7-9-14(22)10-8-13/h4-12,18H,1-3H3,(H,25,27)/t12-,18+/m1/s1. The number of hydrogen-bond acceptors (Lipinski definition) is 4. The molecule has 0 bridgehead atoms. The van der Waals surface area contributed by atoms with Crippen molar-refractivity contribution in [2.45, 2.75) is 32.9 Å². The van der Waals surface area contributed by atoms with Crippen LogP contribution >= 0.6 is 0 Å². The Morgan fingerprint density at radius 2 is 1.45 bits per heavy atom. The summed E-state index contributed by atoms with van der Waals surface area (Å²) in [6.45, 7) is 4.52. The molecule has 2 atom stereocenters. The Kier molecular flexibility index (Phi) is 7.14. The number of rotatable bonds is 7. The van der Waals surface area contributed by atoms with Crippen molar-refractivity contribution in [3.63, 3.8) is 0 Å². The Bertz CT molecular complexity index is 892. The second-order valence-corrected chi connectivity index (χ2v) is 6.74. The molecule has 0 aromatic heterocycles. The second-order valence-electron chi connectivity index (χ2n) is 6.74. The minimum Gasteiger partial charge on any atom is -0.453 e. The molecule has 0 heterocycles. The Morgan fingerprint density at radius 3 is 1.97 bits per heavy atom. The molecule has 29 heavy (non-hydrogen) atoms. The maximum Gasteiger partial charge on any atom is 0.329 e. The first-order valence-corrected chi connectivity index (χ1v) is 8.87. The third-order valence-corrected chi connectivity index (χ3v) is 4.19. The number of nitrogens with one attached hydrogen (secondary N) is 1. The molecule has 0 aliphatic carbocycles. The molecule has 2 rings (SSSR count). The van der Waals surface area contributed by atoms with Crippen LogP contribution in [0.2, 0.25) is 0 Å². The predicted octanol–water partition coefficient (Wildman–Crippen LogP) is 3.67. The molecule has 0 saturated heterocycles. The van der Waals surface area contributed by atoms with Gasteiger partial charge in [0.1, 0.15) is 29.1 Å². The fourth-order valence-corrected chi connectivity index (χ4v) is 2.58. The number of ketones is 1. The smallest absolute Gasteiger partial charge is 0.329 e. The van der Waals surface area contributed by atoms with Crippen LogP contribution in [0.15, 0.2) is 42.5 Å². The third-order valence-electron chi connectivity index (χ3n) is 4.19. The van der Waals surface area contributed by atoms with E-state index in [2.05, 4.69) is 5.32 Å². The van der Waals surface area contributed by atoms with Crippen molar-refractivity contribution < 1.29 is 32.3 Å². The summed E-state index contributed by atoms with van der Waals surface area (Å²) in [5.41, 5.74) is -0.674. The number of halogens is 3. The van der Waals surface area contributed by atoms with Crippen LogP contribution in [0.5, 0.6) is 0 Å². The van der Waals surface area contributed by atoms with Crippen LogP contribution in [-0.4, -0.2) is 29.8 Å². The molecular formula is C21H20F3NO4. The molecule has 0 fully saturated rings. The van der Waals surface area contributed by atoms with Gasteiger partial charge in [0, 0.05) is 5.56 Å². The molecule has 2 aromatic rings. The molecule has 0 saturated carbocycles. The molecule has 0 aliphatic heterocycles. The zero-order valence-corrected chi connectivity index (χ0v) is 16.0. The predicted molar refractivity (Wildman–Crippen MR) is 98.7 cm³/mol. The van der Waals surface area contributed by atoms with Gasteiger partial charge in [-0.2, -0.15) is 0 Å². The van der Waals surface area contributed by atoms with Crippen LogP contribution in [-0.2, 0) is 9.53 Å². The average Bonchev–Trinajstić information content (AvgIpc) is 2.65. The zero-order chi connectivity index (χ0) is 21.7. The highest BCUT2D eigenvalue weighted by Gasteiger charge is 2.31. The van der Waals surface area contributed by atoms with Gasteiger partial charge in [0.25, 0.3) is 5.91 Å². The Morgan fingerprint density at radius 1 is 0.897 bits per heavy atom. The summed E-state index contributed by atoms with van der Waals surface area (Å²) in [5.74, 6) is -5.77. The van der Waals surface area contributed by atoms with E-state index < -0.39 is 58.7 Å². The van der Waals surface area contributed by atoms with Crippen LogP contribution in [0, 0.1) is 23.4 Å². The Hall–Kier alpha value is -3.16. The van der Waals surface area contributed by atoms with Gasteiger partial charge < -0.3 is 10.1 Å². The molecule has 8 heteroatoms. The summed E-state index contributed by atoms with van der Waals surface area (Å²) >= 11 is 0. The first kappa shape index (κ1) is 22.1. The van der Waals surface area contributed by atoms with Gasteiger partial charge in [-0.3, -0.25) is 9.59 Å². The van der Waals surface area contributed by atoms with Crippen molar-refractivity contribution in [2.24, 2.45) is 5.92 Å². The van der Waals surface area contributed by atoms with Crippen LogP contribution in [0.25, 0.3) is 0 Å². The van der Waals surface area contributed by atoms with E-state index in [0.29, 0.717) is 0 Å². The van der Waals surface area contributed by atoms with Gasteiger partial charge in [-0.15, -0.1) is 0 Å². The quantitative estimate of drug-likeness (QED) is 0.562. The summed E-state index contributed by atoms with van der Waals surface area (Å²) in [6, 6.07) is 6.41. The molecule has 5 nitrogen and oxygen atoms in total. The number of carbonyl (C=O) groups is 3. The maximum atomic E-state index is 13.8. The fraction of sp³-hybridized carbons (Fsp3) is 0.286. The highest BCUT2D eigenvalue weighted by Crippen LogP contribution is 2.15. The number of esters is 1. The summed E-state index contributed by atoms with van der Waals surface area (Å²) in [6.07, 6.45) is -1.21. The van der Waals surface area contributed by atoms with Gasteiger partial charge in [0.15, 0.2) is 6.10 Å². The van der Waals surface area contributed by atoms with Gasteiger partial charge in [-0.1, -0.05) is 19.9 Å². The van der Waals surface area contributed by atoms with Gasteiger partial charge in [-0.25, -0.2) is 18.0 Å². The number of ether oxygens (including phenoxy) is 1. The Labute approximate surface area is 165 Å². The highest BCUT2D eigenvalue weighted by atomic mass is 19.1. The highest BCUT2D eigenvalue weighted by molar-refractivity contribution is 6.01. The molecular weight excluding hydrogens is 387 g/mol. The average molecular weight is 407 g/mol. The third kappa shape index (κ3) is 5.43. The monoisotopic (exact) mass is 407 g/mol. The van der Waals surface area contributed by atoms with Gasteiger partial charge >= 0.3 is 5.97 Å². The van der Waals surface area contributed by atoms with Crippen molar-refractivity contribution in [3.8, 4) is 0 Å². The topological polar surface area (TPSA) is 72.5 Å². The van der Waals surface area contributed by atoms with Crippen LogP contribution in [0.4, 0.5) is 13.2 Å². The lowest BCUT2D eigenvalue weighted by molar-refractivity contribution is -0.149. The zero-order valence-electron chi connectivity index (χ0n) is 16.0. The fourth-order valence-electron chi connectivity index (χ4n) is 2.58. The molecule has 1 N–H and O–H groups in total. The Balaban J connectivity index is 2.12. The SMILES string of the molecule is CC(C)[C@H](NC(=O)c1c(F)cccc1F)C(=O)O[C@H](C)C(=O)c1ccc(F)cc1. The number of Topliss-reactive ketones (excluding diaryl/α,β-unsaturated/α-hetero) is 1. The molecule has 0 aliphatic rings. The van der Waals surface area contributed by atoms with E-state index in [1.807, 2.05) is 0 Å². The largest absolute Gasteiger partial charge is 0.453 e. The van der Waals surface area contributed by atoms with Crippen LogP contribution in [0.3, 0.4) is 0 Å². The molecule has 1 amide bonds. The second kappa shape index (κ2) is 9.36. The molecule has 0 spiro atoms. The van der Waals surface area contributed by atoms with E-state index in [0.717, 1.165) is 30.3 Å². The number of benzene rings is 2. The maximum absolute atomic E-state index is 13.8. The number of amides is 1. The molecule has 2 aromatic carbocycles. The van der Waals surface area contributed by atoms with E-state index >= 15 is 0 Å². The lowest BCUT2D eigenvalue weighted by atomic mass is 10.0. The van der Waals surface area contributed by atoms with Crippen molar-refractivity contribution in [3.05, 3.63) is 71.0 Å². The van der Waals surface area contributed by atoms with Crippen molar-refractivity contribution >= 4 is 17.7 Å².